The lowest BCUT2D eigenvalue weighted by atomic mass is 9.85. The molecule has 0 bridgehead atoms. The van der Waals surface area contributed by atoms with Crippen LogP contribution in [-0.2, 0) is 11.0 Å². The molecular weight excluding hydrogens is 335 g/mol. The molecule has 1 aliphatic rings. The molecule has 25 heavy (non-hydrogen) atoms. The van der Waals surface area contributed by atoms with Gasteiger partial charge in [-0.1, -0.05) is 6.07 Å². The van der Waals surface area contributed by atoms with E-state index in [4.69, 9.17) is 0 Å². The Morgan fingerprint density at radius 2 is 1.84 bits per heavy atom. The number of benzene rings is 1. The molecule has 1 fully saturated rings. The van der Waals surface area contributed by atoms with Crippen molar-refractivity contribution in [2.45, 2.75) is 64.0 Å². The van der Waals surface area contributed by atoms with Crippen molar-refractivity contribution >= 4 is 5.91 Å². The van der Waals surface area contributed by atoms with Gasteiger partial charge in [0.15, 0.2) is 0 Å². The van der Waals surface area contributed by atoms with E-state index in [9.17, 15) is 28.2 Å². The Labute approximate surface area is 145 Å². The molecule has 2 N–H and O–H groups in total. The average Bonchev–Trinajstić information content (AvgIpc) is 2.48. The SMILES string of the molecule is Cc1cc(C(F)(F)F)ccc1C([C@H](O)C(C)(C)O)N1CCCCC1=O. The van der Waals surface area contributed by atoms with Crippen LogP contribution in [0, 0.1) is 6.92 Å². The standard InChI is InChI=1S/C18H24F3NO3/c1-11-10-12(18(19,20)21)7-8-13(11)15(16(24)17(2,3)25)22-9-5-4-6-14(22)23/h7-8,10,15-16,24-25H,4-6,9H2,1-3H3/t15?,16-/m0/s1. The third-order valence-electron chi connectivity index (χ3n) is 4.63. The van der Waals surface area contributed by atoms with E-state index < -0.39 is 29.5 Å². The Kier molecular flexibility index (Phi) is 5.49. The van der Waals surface area contributed by atoms with Crippen LogP contribution in [0.2, 0.25) is 0 Å². The number of piperidine rings is 1. The smallest absolute Gasteiger partial charge is 0.388 e. The van der Waals surface area contributed by atoms with E-state index in [1.165, 1.54) is 31.7 Å². The highest BCUT2D eigenvalue weighted by Gasteiger charge is 2.41. The summed E-state index contributed by atoms with van der Waals surface area (Å²) in [6.45, 7) is 4.75. The third-order valence-corrected chi connectivity index (χ3v) is 4.63. The lowest BCUT2D eigenvalue weighted by molar-refractivity contribution is -0.146. The molecule has 0 aromatic heterocycles. The van der Waals surface area contributed by atoms with Crippen LogP contribution < -0.4 is 0 Å². The third kappa shape index (κ3) is 4.33. The number of carbonyl (C=O) groups excluding carboxylic acids is 1. The molecule has 0 radical (unpaired) electrons. The van der Waals surface area contributed by atoms with Crippen molar-refractivity contribution in [1.29, 1.82) is 0 Å². The fourth-order valence-electron chi connectivity index (χ4n) is 3.20. The first kappa shape index (κ1) is 19.7. The number of amides is 1. The van der Waals surface area contributed by atoms with E-state index >= 15 is 0 Å². The minimum Gasteiger partial charge on any atom is -0.388 e. The molecule has 1 saturated heterocycles. The van der Waals surface area contributed by atoms with Crippen LogP contribution >= 0.6 is 0 Å². The molecule has 2 rings (SSSR count). The number of carbonyl (C=O) groups is 1. The van der Waals surface area contributed by atoms with E-state index in [-0.39, 0.29) is 5.91 Å². The number of aryl methyl sites for hydroxylation is 1. The number of aliphatic hydroxyl groups is 2. The Bertz CT molecular complexity index is 637. The highest BCUT2D eigenvalue weighted by atomic mass is 19.4. The summed E-state index contributed by atoms with van der Waals surface area (Å²) in [6, 6.07) is 2.35. The van der Waals surface area contributed by atoms with Gasteiger partial charge in [0.25, 0.3) is 0 Å². The summed E-state index contributed by atoms with van der Waals surface area (Å²) in [5, 5.41) is 20.9. The largest absolute Gasteiger partial charge is 0.416 e. The van der Waals surface area contributed by atoms with E-state index in [2.05, 4.69) is 0 Å². The molecule has 1 aromatic carbocycles. The van der Waals surface area contributed by atoms with Gasteiger partial charge in [0.1, 0.15) is 6.10 Å². The summed E-state index contributed by atoms with van der Waals surface area (Å²) < 4.78 is 38.7. The van der Waals surface area contributed by atoms with Gasteiger partial charge < -0.3 is 15.1 Å². The van der Waals surface area contributed by atoms with Gasteiger partial charge in [-0.15, -0.1) is 0 Å². The van der Waals surface area contributed by atoms with Gasteiger partial charge in [-0.25, -0.2) is 0 Å². The Morgan fingerprint density at radius 1 is 1.20 bits per heavy atom. The number of halogens is 3. The number of nitrogens with zero attached hydrogens (tertiary/aromatic N) is 1. The van der Waals surface area contributed by atoms with Crippen molar-refractivity contribution in [1.82, 2.24) is 4.90 Å². The summed E-state index contributed by atoms with van der Waals surface area (Å²) in [6.07, 6.45) is -3.97. The zero-order chi connectivity index (χ0) is 19.0. The van der Waals surface area contributed by atoms with E-state index in [0.717, 1.165) is 25.0 Å². The van der Waals surface area contributed by atoms with Gasteiger partial charge in [-0.3, -0.25) is 4.79 Å². The summed E-state index contributed by atoms with van der Waals surface area (Å²) in [5.74, 6) is -0.168. The number of hydrogen-bond acceptors (Lipinski definition) is 3. The molecular formula is C18H24F3NO3. The molecule has 0 spiro atoms. The quantitative estimate of drug-likeness (QED) is 0.868. The minimum absolute atomic E-state index is 0.168. The van der Waals surface area contributed by atoms with Crippen molar-refractivity contribution in [2.75, 3.05) is 6.54 Å². The first-order valence-corrected chi connectivity index (χ1v) is 8.30. The Hall–Kier alpha value is -1.60. The Balaban J connectivity index is 2.50. The van der Waals surface area contributed by atoms with Crippen molar-refractivity contribution in [2.24, 2.45) is 0 Å². The fraction of sp³-hybridized carbons (Fsp3) is 0.611. The molecule has 0 saturated carbocycles. The van der Waals surface area contributed by atoms with Crippen LogP contribution in [0.4, 0.5) is 13.2 Å². The second-order valence-electron chi connectivity index (χ2n) is 7.16. The predicted molar refractivity (Wildman–Crippen MR) is 86.8 cm³/mol. The summed E-state index contributed by atoms with van der Waals surface area (Å²) in [7, 11) is 0. The first-order valence-electron chi connectivity index (χ1n) is 8.30. The lowest BCUT2D eigenvalue weighted by Gasteiger charge is -2.42. The van der Waals surface area contributed by atoms with Crippen LogP contribution in [0.3, 0.4) is 0 Å². The van der Waals surface area contributed by atoms with Crippen molar-refractivity contribution in [3.05, 3.63) is 34.9 Å². The van der Waals surface area contributed by atoms with Crippen LogP contribution in [0.15, 0.2) is 18.2 Å². The average molecular weight is 359 g/mol. The fourth-order valence-corrected chi connectivity index (χ4v) is 3.20. The summed E-state index contributed by atoms with van der Waals surface area (Å²) in [5.41, 5.74) is -1.56. The highest BCUT2D eigenvalue weighted by molar-refractivity contribution is 5.77. The van der Waals surface area contributed by atoms with E-state index in [1.807, 2.05) is 0 Å². The zero-order valence-corrected chi connectivity index (χ0v) is 14.6. The maximum atomic E-state index is 12.9. The second kappa shape index (κ2) is 6.96. The number of likely N-dealkylation sites (tertiary alicyclic amines) is 1. The first-order chi connectivity index (χ1) is 11.4. The van der Waals surface area contributed by atoms with Crippen molar-refractivity contribution in [3.8, 4) is 0 Å². The minimum atomic E-state index is -4.46. The molecule has 1 aromatic rings. The molecule has 4 nitrogen and oxygen atoms in total. The van der Waals surface area contributed by atoms with E-state index in [0.29, 0.717) is 24.1 Å². The van der Waals surface area contributed by atoms with Gasteiger partial charge in [0.05, 0.1) is 17.2 Å². The van der Waals surface area contributed by atoms with Crippen molar-refractivity contribution < 1.29 is 28.2 Å². The van der Waals surface area contributed by atoms with Crippen LogP contribution in [0.25, 0.3) is 0 Å². The number of alkyl halides is 3. The van der Waals surface area contributed by atoms with Gasteiger partial charge >= 0.3 is 6.18 Å². The number of rotatable bonds is 4. The van der Waals surface area contributed by atoms with Gasteiger partial charge in [0.2, 0.25) is 5.91 Å². The Morgan fingerprint density at radius 3 is 2.32 bits per heavy atom. The molecule has 7 heteroatoms. The number of hydrogen-bond donors (Lipinski definition) is 2. The molecule has 1 unspecified atom stereocenters. The zero-order valence-electron chi connectivity index (χ0n) is 14.6. The molecule has 2 atom stereocenters. The van der Waals surface area contributed by atoms with Gasteiger partial charge in [0, 0.05) is 13.0 Å². The normalized spacial score (nSPS) is 19.0. The van der Waals surface area contributed by atoms with Crippen molar-refractivity contribution in [3.63, 3.8) is 0 Å². The predicted octanol–water partition coefficient (Wildman–Crippen LogP) is 3.20. The molecule has 0 aliphatic carbocycles. The van der Waals surface area contributed by atoms with Gasteiger partial charge in [-0.05, 0) is 56.9 Å². The van der Waals surface area contributed by atoms with Crippen LogP contribution in [0.1, 0.15) is 55.8 Å². The maximum Gasteiger partial charge on any atom is 0.416 e. The maximum absolute atomic E-state index is 12.9. The monoisotopic (exact) mass is 359 g/mol. The number of aliphatic hydroxyl groups excluding tert-OH is 1. The molecule has 1 heterocycles. The van der Waals surface area contributed by atoms with Crippen LogP contribution in [-0.4, -0.2) is 39.3 Å². The summed E-state index contributed by atoms with van der Waals surface area (Å²) >= 11 is 0. The van der Waals surface area contributed by atoms with Gasteiger partial charge in [-0.2, -0.15) is 13.2 Å². The topological polar surface area (TPSA) is 60.8 Å². The molecule has 140 valence electrons. The summed E-state index contributed by atoms with van der Waals surface area (Å²) in [4.78, 5) is 13.8. The molecule has 1 aliphatic heterocycles. The highest BCUT2D eigenvalue weighted by Crippen LogP contribution is 2.37. The molecule has 1 amide bonds. The second-order valence-corrected chi connectivity index (χ2v) is 7.16. The van der Waals surface area contributed by atoms with Crippen LogP contribution in [0.5, 0.6) is 0 Å². The van der Waals surface area contributed by atoms with E-state index in [1.54, 1.807) is 0 Å². The lowest BCUT2D eigenvalue weighted by Crippen LogP contribution is -2.50.